The van der Waals surface area contributed by atoms with Gasteiger partial charge in [-0.25, -0.2) is 4.79 Å². The van der Waals surface area contributed by atoms with Gasteiger partial charge in [0.15, 0.2) is 18.9 Å². The van der Waals surface area contributed by atoms with Gasteiger partial charge in [0.05, 0.1) is 44.2 Å². The number of nitrogens with one attached hydrogen (secondary N) is 1. The predicted molar refractivity (Wildman–Crippen MR) is 178 cm³/mol. The van der Waals surface area contributed by atoms with Crippen LogP contribution in [0.4, 0.5) is 0 Å². The van der Waals surface area contributed by atoms with E-state index in [-0.39, 0.29) is 0 Å². The van der Waals surface area contributed by atoms with Crippen molar-refractivity contribution < 1.29 is 109 Å². The minimum Gasteiger partial charge on any atom is -0.477 e. The normalized spacial score (nSPS) is 45.9. The van der Waals surface area contributed by atoms with Gasteiger partial charge in [-0.15, -0.1) is 0 Å². The van der Waals surface area contributed by atoms with Crippen LogP contribution < -0.4 is 5.32 Å². The number of ether oxygens (including phenoxy) is 8. The Morgan fingerprint density at radius 2 is 1.38 bits per heavy atom. The number of hydrogen-bond donors (Lipinski definition) is 13. The molecule has 4 aliphatic heterocycles. The van der Waals surface area contributed by atoms with E-state index >= 15 is 0 Å². The fraction of sp³-hybridized carbons (Fsp3) is 0.939. The molecule has 4 saturated heterocycles. The van der Waals surface area contributed by atoms with Crippen LogP contribution in [0.3, 0.4) is 0 Å². The summed E-state index contributed by atoms with van der Waals surface area (Å²) >= 11 is 0. The third-order valence-electron chi connectivity index (χ3n) is 10.3. The van der Waals surface area contributed by atoms with E-state index in [4.69, 9.17) is 37.9 Å². The van der Waals surface area contributed by atoms with Crippen molar-refractivity contribution in [1.82, 2.24) is 5.32 Å². The first-order chi connectivity index (χ1) is 26.2. The predicted octanol–water partition coefficient (Wildman–Crippen LogP) is -6.66. The number of aliphatic hydroxyl groups is 11. The number of carboxylic acid groups (broad SMARTS) is 1. The van der Waals surface area contributed by atoms with Crippen LogP contribution in [0, 0.1) is 5.92 Å². The van der Waals surface area contributed by atoms with Crippen molar-refractivity contribution in [2.24, 2.45) is 5.92 Å². The van der Waals surface area contributed by atoms with Gasteiger partial charge >= 0.3 is 5.97 Å². The zero-order valence-electron chi connectivity index (χ0n) is 31.4. The SMILES string of the molecule is CC(=O)NC1[C@H](OC(C)C)OC(CO)[C@H](O[C@@H]2O[C@@H](C)[C@@H](O)C(O)C2O)[C@@H]1O[C@@H]1O[C@@H](CO)[C@H](O)C(O[C@]2(C(=O)O)C[C@@H](O)[C@@H](C)C([C@H](O)[C@H](O)CO)O2)C1O. The molecule has 0 spiro atoms. The average Bonchev–Trinajstić information content (AvgIpc) is 3.14. The van der Waals surface area contributed by atoms with E-state index in [1.54, 1.807) is 13.8 Å². The number of aliphatic carboxylic acids is 1. The van der Waals surface area contributed by atoms with Crippen molar-refractivity contribution in [3.8, 4) is 0 Å². The first-order valence-electron chi connectivity index (χ1n) is 18.3. The molecule has 1 amide bonds. The minimum absolute atomic E-state index is 0.570. The molecule has 0 aliphatic carbocycles. The molecule has 0 aromatic heterocycles. The molecule has 0 bridgehead atoms. The van der Waals surface area contributed by atoms with E-state index in [9.17, 15) is 70.9 Å². The second-order valence-electron chi connectivity index (χ2n) is 14.8. The molecular formula is C33H57NO22. The molecule has 13 N–H and O–H groups in total. The van der Waals surface area contributed by atoms with Crippen LogP contribution >= 0.6 is 0 Å². The Kier molecular flexibility index (Phi) is 16.3. The molecule has 0 radical (unpaired) electrons. The lowest BCUT2D eigenvalue weighted by molar-refractivity contribution is -0.392. The van der Waals surface area contributed by atoms with Gasteiger partial charge in [0.2, 0.25) is 5.91 Å². The van der Waals surface area contributed by atoms with Crippen LogP contribution in [0.25, 0.3) is 0 Å². The highest BCUT2D eigenvalue weighted by Gasteiger charge is 2.60. The Labute approximate surface area is 321 Å². The lowest BCUT2D eigenvalue weighted by atomic mass is 9.84. The topological polar surface area (TPSA) is 363 Å². The lowest BCUT2D eigenvalue weighted by Gasteiger charge is -2.51. The first kappa shape index (κ1) is 46.9. The number of hydrogen-bond acceptors (Lipinski definition) is 21. The Morgan fingerprint density at radius 3 is 1.93 bits per heavy atom. The highest BCUT2D eigenvalue weighted by Crippen LogP contribution is 2.40. The maximum atomic E-state index is 12.8. The lowest BCUT2D eigenvalue weighted by Crippen LogP contribution is -2.70. The van der Waals surface area contributed by atoms with Gasteiger partial charge in [0.1, 0.15) is 79.3 Å². The number of aliphatic hydroxyl groups excluding tert-OH is 11. The summed E-state index contributed by atoms with van der Waals surface area (Å²) in [6.45, 7) is 4.35. The third-order valence-corrected chi connectivity index (χ3v) is 10.3. The van der Waals surface area contributed by atoms with E-state index in [2.05, 4.69) is 5.32 Å². The van der Waals surface area contributed by atoms with E-state index < -0.39 is 172 Å². The Balaban J connectivity index is 1.75. The van der Waals surface area contributed by atoms with Crippen LogP contribution in [0.5, 0.6) is 0 Å². The van der Waals surface area contributed by atoms with Crippen molar-refractivity contribution in [2.45, 2.75) is 169 Å². The molecule has 0 aromatic rings. The minimum atomic E-state index is -2.95. The number of carboxylic acids is 1. The van der Waals surface area contributed by atoms with Crippen LogP contribution in [0.15, 0.2) is 0 Å². The summed E-state index contributed by atoms with van der Waals surface area (Å²) in [5, 5.41) is 129. The van der Waals surface area contributed by atoms with E-state index in [1.807, 2.05) is 0 Å². The number of rotatable bonds is 15. The van der Waals surface area contributed by atoms with Gasteiger partial charge in [0, 0.05) is 19.3 Å². The van der Waals surface area contributed by atoms with E-state index in [0.717, 1.165) is 6.92 Å². The molecule has 4 fully saturated rings. The standard InChI is InChI=1S/C33H57NO22/c1-10(2)49-29-18(34-13(5)38)27(26(17(9-37)52-29)53-30-23(45)22(44)19(41)12(4)50-30)54-31-24(46)28(21(43)16(8-36)51-31)56-33(32(47)48)6-14(39)11(3)25(55-33)20(42)15(40)7-35/h10-12,14-31,35-37,39-46H,6-9H2,1-5H3,(H,34,38)(H,47,48)/t11-,12+,14-,15-,16+,17?,18?,19-,20-,21+,22?,23?,24?,25?,26+,27-,28?,29-,30+,31+,33+/m1/s1. The largest absolute Gasteiger partial charge is 0.477 e. The molecule has 56 heavy (non-hydrogen) atoms. The van der Waals surface area contributed by atoms with Crippen molar-refractivity contribution in [2.75, 3.05) is 19.8 Å². The fourth-order valence-electron chi connectivity index (χ4n) is 7.14. The summed E-state index contributed by atoms with van der Waals surface area (Å²) in [6.07, 6.45) is -32.7. The van der Waals surface area contributed by atoms with Crippen LogP contribution in [0.2, 0.25) is 0 Å². The maximum Gasteiger partial charge on any atom is 0.364 e. The van der Waals surface area contributed by atoms with Gasteiger partial charge in [-0.05, 0) is 20.8 Å². The zero-order valence-corrected chi connectivity index (χ0v) is 31.4. The van der Waals surface area contributed by atoms with Gasteiger partial charge in [-0.2, -0.15) is 0 Å². The fourth-order valence-corrected chi connectivity index (χ4v) is 7.14. The number of amides is 1. The molecule has 23 nitrogen and oxygen atoms in total. The molecule has 4 heterocycles. The molecule has 7 unspecified atom stereocenters. The summed E-state index contributed by atoms with van der Waals surface area (Å²) in [4.78, 5) is 25.4. The quantitative estimate of drug-likeness (QED) is 0.0730. The molecule has 0 saturated carbocycles. The van der Waals surface area contributed by atoms with Crippen LogP contribution in [0.1, 0.15) is 41.0 Å². The van der Waals surface area contributed by atoms with Crippen molar-refractivity contribution in [3.05, 3.63) is 0 Å². The Morgan fingerprint density at radius 1 is 0.786 bits per heavy atom. The highest BCUT2D eigenvalue weighted by molar-refractivity contribution is 5.76. The van der Waals surface area contributed by atoms with Crippen LogP contribution in [-0.4, -0.2) is 221 Å². The van der Waals surface area contributed by atoms with E-state index in [0.29, 0.717) is 0 Å². The molecule has 0 aromatic carbocycles. The average molecular weight is 820 g/mol. The summed E-state index contributed by atoms with van der Waals surface area (Å²) in [5.74, 6) is -6.56. The van der Waals surface area contributed by atoms with Crippen molar-refractivity contribution in [3.63, 3.8) is 0 Å². The second kappa shape index (κ2) is 19.5. The Bertz CT molecular complexity index is 1280. The molecule has 4 rings (SSSR count). The molecule has 4 aliphatic rings. The molecular weight excluding hydrogens is 762 g/mol. The molecule has 23 heteroatoms. The third kappa shape index (κ3) is 9.95. The van der Waals surface area contributed by atoms with Crippen LogP contribution in [-0.2, 0) is 47.5 Å². The summed E-state index contributed by atoms with van der Waals surface area (Å²) in [7, 11) is 0. The molecule has 21 atom stereocenters. The maximum absolute atomic E-state index is 12.8. The highest BCUT2D eigenvalue weighted by atomic mass is 16.8. The summed E-state index contributed by atoms with van der Waals surface area (Å²) in [5.41, 5.74) is 0. The number of carbonyl (C=O) groups is 2. The van der Waals surface area contributed by atoms with Crippen molar-refractivity contribution in [1.29, 1.82) is 0 Å². The zero-order chi connectivity index (χ0) is 42.0. The van der Waals surface area contributed by atoms with Gasteiger partial charge in [0.25, 0.3) is 5.79 Å². The second-order valence-corrected chi connectivity index (χ2v) is 14.8. The number of carbonyl (C=O) groups excluding carboxylic acids is 1. The Hall–Kier alpha value is -1.82. The van der Waals surface area contributed by atoms with Gasteiger partial charge < -0.3 is 104 Å². The van der Waals surface area contributed by atoms with Crippen molar-refractivity contribution >= 4 is 11.9 Å². The smallest absolute Gasteiger partial charge is 0.364 e. The summed E-state index contributed by atoms with van der Waals surface area (Å²) in [6, 6.07) is -1.41. The first-order valence-corrected chi connectivity index (χ1v) is 18.3. The summed E-state index contributed by atoms with van der Waals surface area (Å²) < 4.78 is 46.8. The van der Waals surface area contributed by atoms with Gasteiger partial charge in [-0.3, -0.25) is 4.79 Å². The monoisotopic (exact) mass is 819 g/mol. The molecule has 326 valence electrons. The van der Waals surface area contributed by atoms with Gasteiger partial charge in [-0.1, -0.05) is 6.92 Å². The van der Waals surface area contributed by atoms with E-state index in [1.165, 1.54) is 13.8 Å².